The minimum absolute atomic E-state index is 0.442. The molecule has 14 heavy (non-hydrogen) atoms. The lowest BCUT2D eigenvalue weighted by atomic mass is 9.94. The van der Waals surface area contributed by atoms with Gasteiger partial charge in [0.15, 0.2) is 0 Å². The summed E-state index contributed by atoms with van der Waals surface area (Å²) in [5.74, 6) is 1.96. The molecular formula is C11H19N3. The Bertz CT molecular complexity index is 284. The Hall–Kier alpha value is -1.12. The smallest absolute Gasteiger partial charge is 0.148 e. The summed E-state index contributed by atoms with van der Waals surface area (Å²) in [5.41, 5.74) is 1.07. The first-order chi connectivity index (χ1) is 6.66. The zero-order chi connectivity index (χ0) is 10.6. The largest absolute Gasteiger partial charge is 0.369 e. The van der Waals surface area contributed by atoms with Crippen molar-refractivity contribution in [2.45, 2.75) is 33.6 Å². The molecule has 0 amide bonds. The number of aromatic nitrogens is 2. The van der Waals surface area contributed by atoms with E-state index < -0.39 is 0 Å². The highest BCUT2D eigenvalue weighted by molar-refractivity contribution is 5.41. The van der Waals surface area contributed by atoms with Gasteiger partial charge in [-0.25, -0.2) is 4.98 Å². The average molecular weight is 193 g/mol. The lowest BCUT2D eigenvalue weighted by Gasteiger charge is -2.17. The van der Waals surface area contributed by atoms with E-state index in [1.54, 1.807) is 12.4 Å². The van der Waals surface area contributed by atoms with E-state index in [2.05, 4.69) is 43.0 Å². The molecule has 0 aliphatic heterocycles. The van der Waals surface area contributed by atoms with Crippen molar-refractivity contribution in [1.29, 1.82) is 0 Å². The fourth-order valence-electron chi connectivity index (χ4n) is 1.30. The van der Waals surface area contributed by atoms with Crippen molar-refractivity contribution in [1.82, 2.24) is 9.97 Å². The van der Waals surface area contributed by atoms with E-state index in [4.69, 9.17) is 0 Å². The number of anilines is 1. The molecule has 1 aromatic heterocycles. The molecule has 0 spiro atoms. The molecule has 3 nitrogen and oxygen atoms in total. The van der Waals surface area contributed by atoms with Gasteiger partial charge in [-0.2, -0.15) is 0 Å². The second-order valence-electron chi connectivity index (χ2n) is 3.85. The van der Waals surface area contributed by atoms with Crippen LogP contribution in [-0.2, 0) is 0 Å². The summed E-state index contributed by atoms with van der Waals surface area (Å²) in [6.45, 7) is 9.55. The molecule has 3 heteroatoms. The minimum Gasteiger partial charge on any atom is -0.369 e. The molecule has 0 saturated carbocycles. The number of hydrogen-bond acceptors (Lipinski definition) is 3. The van der Waals surface area contributed by atoms with Crippen molar-refractivity contribution < 1.29 is 0 Å². The van der Waals surface area contributed by atoms with Crippen LogP contribution in [0.15, 0.2) is 12.4 Å². The standard InChI is InChI=1S/C11H19N3/c1-5-12-11-10(9(4)8(2)3)13-6-7-14-11/h6-9H,5H2,1-4H3,(H,12,14). The van der Waals surface area contributed by atoms with E-state index in [0.717, 1.165) is 18.1 Å². The Morgan fingerprint density at radius 1 is 1.21 bits per heavy atom. The predicted molar refractivity (Wildman–Crippen MR) is 59.4 cm³/mol. The fraction of sp³-hybridized carbons (Fsp3) is 0.636. The highest BCUT2D eigenvalue weighted by atomic mass is 15.0. The van der Waals surface area contributed by atoms with Crippen LogP contribution in [-0.4, -0.2) is 16.5 Å². The van der Waals surface area contributed by atoms with Gasteiger partial charge in [-0.05, 0) is 12.8 Å². The first-order valence-electron chi connectivity index (χ1n) is 5.21. The minimum atomic E-state index is 0.442. The summed E-state index contributed by atoms with van der Waals surface area (Å²) >= 11 is 0. The van der Waals surface area contributed by atoms with Gasteiger partial charge in [0.25, 0.3) is 0 Å². The van der Waals surface area contributed by atoms with E-state index in [1.807, 2.05) is 0 Å². The first kappa shape index (κ1) is 11.0. The molecule has 0 fully saturated rings. The highest BCUT2D eigenvalue weighted by Gasteiger charge is 2.15. The van der Waals surface area contributed by atoms with Crippen molar-refractivity contribution in [3.05, 3.63) is 18.1 Å². The van der Waals surface area contributed by atoms with Crippen LogP contribution in [0.2, 0.25) is 0 Å². The second-order valence-corrected chi connectivity index (χ2v) is 3.85. The molecule has 0 aliphatic rings. The lowest BCUT2D eigenvalue weighted by molar-refractivity contribution is 0.523. The van der Waals surface area contributed by atoms with Crippen LogP contribution in [0.3, 0.4) is 0 Å². The lowest BCUT2D eigenvalue weighted by Crippen LogP contribution is -2.11. The zero-order valence-electron chi connectivity index (χ0n) is 9.41. The van der Waals surface area contributed by atoms with Crippen molar-refractivity contribution in [3.8, 4) is 0 Å². The van der Waals surface area contributed by atoms with Gasteiger partial charge in [0.1, 0.15) is 5.82 Å². The van der Waals surface area contributed by atoms with Gasteiger partial charge >= 0.3 is 0 Å². The molecule has 0 bridgehead atoms. The molecule has 0 radical (unpaired) electrons. The van der Waals surface area contributed by atoms with Crippen molar-refractivity contribution in [2.24, 2.45) is 5.92 Å². The highest BCUT2D eigenvalue weighted by Crippen LogP contribution is 2.25. The third-order valence-electron chi connectivity index (χ3n) is 2.50. The SMILES string of the molecule is CCNc1nccnc1C(C)C(C)C. The molecule has 0 saturated heterocycles. The zero-order valence-corrected chi connectivity index (χ0v) is 9.41. The molecule has 0 aliphatic carbocycles. The molecule has 78 valence electrons. The van der Waals surface area contributed by atoms with E-state index in [0.29, 0.717) is 11.8 Å². The van der Waals surface area contributed by atoms with Gasteiger partial charge in [-0.15, -0.1) is 0 Å². The van der Waals surface area contributed by atoms with E-state index in [1.165, 1.54) is 0 Å². The molecule has 1 heterocycles. The van der Waals surface area contributed by atoms with Gasteiger partial charge in [0.05, 0.1) is 5.69 Å². The Morgan fingerprint density at radius 3 is 2.43 bits per heavy atom. The molecule has 1 rings (SSSR count). The van der Waals surface area contributed by atoms with Gasteiger partial charge in [0.2, 0.25) is 0 Å². The predicted octanol–water partition coefficient (Wildman–Crippen LogP) is 2.67. The van der Waals surface area contributed by atoms with Crippen LogP contribution in [0.1, 0.15) is 39.3 Å². The van der Waals surface area contributed by atoms with Crippen molar-refractivity contribution in [2.75, 3.05) is 11.9 Å². The maximum absolute atomic E-state index is 4.39. The van der Waals surface area contributed by atoms with E-state index >= 15 is 0 Å². The van der Waals surface area contributed by atoms with Gasteiger partial charge < -0.3 is 5.32 Å². The number of rotatable bonds is 4. The van der Waals surface area contributed by atoms with E-state index in [-0.39, 0.29) is 0 Å². The summed E-state index contributed by atoms with van der Waals surface area (Å²) in [7, 11) is 0. The molecule has 0 aromatic carbocycles. The molecule has 1 N–H and O–H groups in total. The maximum Gasteiger partial charge on any atom is 0.148 e. The van der Waals surface area contributed by atoms with Crippen LogP contribution in [0, 0.1) is 5.92 Å². The van der Waals surface area contributed by atoms with Gasteiger partial charge in [0, 0.05) is 24.9 Å². The van der Waals surface area contributed by atoms with Crippen molar-refractivity contribution >= 4 is 5.82 Å². The number of hydrogen-bond donors (Lipinski definition) is 1. The summed E-state index contributed by atoms with van der Waals surface area (Å²) in [5, 5.41) is 3.24. The number of nitrogens with zero attached hydrogens (tertiary/aromatic N) is 2. The molecular weight excluding hydrogens is 174 g/mol. The molecule has 1 aromatic rings. The summed E-state index contributed by atoms with van der Waals surface area (Å²) < 4.78 is 0. The van der Waals surface area contributed by atoms with Crippen LogP contribution in [0.4, 0.5) is 5.82 Å². The maximum atomic E-state index is 4.39. The Labute approximate surface area is 86.0 Å². The summed E-state index contributed by atoms with van der Waals surface area (Å²) in [4.78, 5) is 8.69. The van der Waals surface area contributed by atoms with Crippen LogP contribution in [0.5, 0.6) is 0 Å². The third kappa shape index (κ3) is 2.44. The quantitative estimate of drug-likeness (QED) is 0.798. The molecule has 1 unspecified atom stereocenters. The first-order valence-corrected chi connectivity index (χ1v) is 5.21. The van der Waals surface area contributed by atoms with Gasteiger partial charge in [-0.3, -0.25) is 4.98 Å². The molecule has 1 atom stereocenters. The van der Waals surface area contributed by atoms with E-state index in [9.17, 15) is 0 Å². The Balaban J connectivity index is 2.94. The van der Waals surface area contributed by atoms with Crippen molar-refractivity contribution in [3.63, 3.8) is 0 Å². The summed E-state index contributed by atoms with van der Waals surface area (Å²) in [6, 6.07) is 0. The number of nitrogens with one attached hydrogen (secondary N) is 1. The average Bonchev–Trinajstić information content (AvgIpc) is 2.18. The Kier molecular flexibility index (Phi) is 3.86. The van der Waals surface area contributed by atoms with Crippen LogP contribution >= 0.6 is 0 Å². The topological polar surface area (TPSA) is 37.8 Å². The second kappa shape index (κ2) is 4.94. The normalized spacial score (nSPS) is 12.9. The van der Waals surface area contributed by atoms with Crippen LogP contribution < -0.4 is 5.32 Å². The van der Waals surface area contributed by atoms with Gasteiger partial charge in [-0.1, -0.05) is 20.8 Å². The third-order valence-corrected chi connectivity index (χ3v) is 2.50. The Morgan fingerprint density at radius 2 is 1.86 bits per heavy atom. The summed E-state index contributed by atoms with van der Waals surface area (Å²) in [6.07, 6.45) is 3.49. The van der Waals surface area contributed by atoms with Crippen LogP contribution in [0.25, 0.3) is 0 Å². The monoisotopic (exact) mass is 193 g/mol. The fourth-order valence-corrected chi connectivity index (χ4v) is 1.30.